The van der Waals surface area contributed by atoms with Gasteiger partial charge in [0.15, 0.2) is 0 Å². The predicted molar refractivity (Wildman–Crippen MR) is 88.0 cm³/mol. The lowest BCUT2D eigenvalue weighted by Crippen LogP contribution is -2.62. The highest BCUT2D eigenvalue weighted by molar-refractivity contribution is 5.76. The van der Waals surface area contributed by atoms with Gasteiger partial charge in [0.05, 0.1) is 17.9 Å². The Hall–Kier alpha value is -1.10. The Labute approximate surface area is 144 Å². The van der Waals surface area contributed by atoms with Crippen molar-refractivity contribution in [1.29, 1.82) is 0 Å². The van der Waals surface area contributed by atoms with Gasteiger partial charge in [-0.3, -0.25) is 9.59 Å². The van der Waals surface area contributed by atoms with Crippen molar-refractivity contribution in [3.8, 4) is 0 Å². The van der Waals surface area contributed by atoms with Crippen molar-refractivity contribution in [2.45, 2.75) is 77.4 Å². The van der Waals surface area contributed by atoms with Crippen LogP contribution in [0.15, 0.2) is 0 Å². The number of ether oxygens (including phenoxy) is 2. The maximum Gasteiger partial charge on any atom is 0.311 e. The number of esters is 2. The van der Waals surface area contributed by atoms with E-state index in [9.17, 15) is 14.7 Å². The summed E-state index contributed by atoms with van der Waals surface area (Å²) in [4.78, 5) is 24.2. The molecule has 4 bridgehead atoms. The third-order valence-corrected chi connectivity index (χ3v) is 6.49. The third kappa shape index (κ3) is 3.19. The molecule has 3 unspecified atom stereocenters. The molecule has 4 rings (SSSR count). The highest BCUT2D eigenvalue weighted by Gasteiger charge is 2.59. The van der Waals surface area contributed by atoms with Crippen LogP contribution in [0.25, 0.3) is 0 Å². The third-order valence-electron chi connectivity index (χ3n) is 6.49. The van der Waals surface area contributed by atoms with Gasteiger partial charge in [-0.1, -0.05) is 6.92 Å². The molecule has 0 heterocycles. The van der Waals surface area contributed by atoms with Crippen molar-refractivity contribution in [2.75, 3.05) is 6.61 Å². The summed E-state index contributed by atoms with van der Waals surface area (Å²) in [6.07, 6.45) is 5.14. The molecule has 4 saturated carbocycles. The molecular weight excluding hydrogens is 308 g/mol. The molecule has 0 aromatic heterocycles. The van der Waals surface area contributed by atoms with Gasteiger partial charge in [-0.15, -0.1) is 0 Å². The van der Waals surface area contributed by atoms with E-state index in [0.29, 0.717) is 18.3 Å². The number of aliphatic hydroxyl groups is 1. The number of carbonyl (C=O) groups is 2. The van der Waals surface area contributed by atoms with Crippen LogP contribution < -0.4 is 0 Å². The summed E-state index contributed by atoms with van der Waals surface area (Å²) in [7, 11) is 0. The molecule has 0 aliphatic heterocycles. The molecule has 4 fully saturated rings. The molecule has 4 aliphatic rings. The van der Waals surface area contributed by atoms with Gasteiger partial charge in [-0.25, -0.2) is 0 Å². The van der Waals surface area contributed by atoms with Crippen molar-refractivity contribution < 1.29 is 24.2 Å². The number of hydrogen-bond donors (Lipinski definition) is 1. The molecule has 0 aromatic carbocycles. The normalized spacial score (nSPS) is 37.3. The van der Waals surface area contributed by atoms with E-state index < -0.39 is 17.1 Å². The van der Waals surface area contributed by atoms with E-state index in [1.807, 2.05) is 20.8 Å². The van der Waals surface area contributed by atoms with Crippen LogP contribution in [0.4, 0.5) is 0 Å². The zero-order valence-corrected chi connectivity index (χ0v) is 15.0. The summed E-state index contributed by atoms with van der Waals surface area (Å²) < 4.78 is 11.0. The van der Waals surface area contributed by atoms with Gasteiger partial charge < -0.3 is 14.6 Å². The van der Waals surface area contributed by atoms with Crippen LogP contribution >= 0.6 is 0 Å². The molecular formula is C19H30O5. The minimum Gasteiger partial charge on any atom is -0.465 e. The molecule has 1 N–H and O–H groups in total. The fourth-order valence-corrected chi connectivity index (χ4v) is 4.93. The van der Waals surface area contributed by atoms with Gasteiger partial charge in [0.2, 0.25) is 0 Å². The topological polar surface area (TPSA) is 72.8 Å². The molecule has 0 aromatic rings. The average molecular weight is 338 g/mol. The second-order valence-corrected chi connectivity index (χ2v) is 8.71. The summed E-state index contributed by atoms with van der Waals surface area (Å²) in [5.74, 6) is 0.807. The highest BCUT2D eigenvalue weighted by atomic mass is 16.6. The first-order valence-corrected chi connectivity index (χ1v) is 9.33. The Bertz CT molecular complexity index is 498. The largest absolute Gasteiger partial charge is 0.465 e. The van der Waals surface area contributed by atoms with Gasteiger partial charge in [0.25, 0.3) is 0 Å². The number of hydrogen-bond acceptors (Lipinski definition) is 5. The van der Waals surface area contributed by atoms with Crippen molar-refractivity contribution in [3.05, 3.63) is 0 Å². The molecule has 3 atom stereocenters. The Balaban J connectivity index is 1.51. The van der Waals surface area contributed by atoms with Crippen LogP contribution in [0.5, 0.6) is 0 Å². The van der Waals surface area contributed by atoms with Gasteiger partial charge >= 0.3 is 11.9 Å². The summed E-state index contributed by atoms with van der Waals surface area (Å²) in [6.45, 7) is 5.65. The monoisotopic (exact) mass is 338 g/mol. The summed E-state index contributed by atoms with van der Waals surface area (Å²) in [5.41, 5.74) is -1.21. The first-order valence-electron chi connectivity index (χ1n) is 9.33. The van der Waals surface area contributed by atoms with Crippen molar-refractivity contribution in [3.63, 3.8) is 0 Å². The van der Waals surface area contributed by atoms with Crippen LogP contribution in [0.1, 0.15) is 65.7 Å². The molecule has 0 spiro atoms. The van der Waals surface area contributed by atoms with E-state index >= 15 is 0 Å². The Morgan fingerprint density at radius 2 is 1.79 bits per heavy atom. The zero-order valence-electron chi connectivity index (χ0n) is 15.0. The molecule has 0 amide bonds. The van der Waals surface area contributed by atoms with Crippen molar-refractivity contribution in [2.24, 2.45) is 23.2 Å². The van der Waals surface area contributed by atoms with E-state index in [4.69, 9.17) is 9.47 Å². The first-order chi connectivity index (χ1) is 11.3. The fourth-order valence-electron chi connectivity index (χ4n) is 4.93. The minimum absolute atomic E-state index is 0.0452. The van der Waals surface area contributed by atoms with Crippen LogP contribution in [-0.4, -0.2) is 35.4 Å². The number of aliphatic hydroxyl groups excluding tert-OH is 1. The fraction of sp³-hybridized carbons (Fsp3) is 0.895. The lowest BCUT2D eigenvalue weighted by molar-refractivity contribution is -0.228. The van der Waals surface area contributed by atoms with E-state index in [-0.39, 0.29) is 30.9 Å². The Morgan fingerprint density at radius 1 is 1.17 bits per heavy atom. The zero-order chi connectivity index (χ0) is 17.5. The van der Waals surface area contributed by atoms with E-state index in [2.05, 4.69) is 0 Å². The minimum atomic E-state index is -0.682. The SMILES string of the molecule is CCC(C)(C)C(=O)OCCC(=O)OC12CC3CC(CC(C3)C1O)C2. The smallest absolute Gasteiger partial charge is 0.311 e. The van der Waals surface area contributed by atoms with Crippen molar-refractivity contribution in [1.82, 2.24) is 0 Å². The standard InChI is InChI=1S/C19H30O5/c1-4-18(2,3)17(22)23-6-5-15(20)24-19-10-12-7-13(11-19)9-14(8-12)16(19)21/h12-14,16,21H,4-11H2,1-3H3. The van der Waals surface area contributed by atoms with Crippen LogP contribution in [-0.2, 0) is 19.1 Å². The molecule has 5 nitrogen and oxygen atoms in total. The number of carbonyl (C=O) groups excluding carboxylic acids is 2. The first kappa shape index (κ1) is 17.7. The predicted octanol–water partition coefficient (Wildman–Crippen LogP) is 2.84. The molecule has 5 heteroatoms. The molecule has 24 heavy (non-hydrogen) atoms. The van der Waals surface area contributed by atoms with Crippen LogP contribution in [0.3, 0.4) is 0 Å². The van der Waals surface area contributed by atoms with Gasteiger partial charge in [-0.2, -0.15) is 0 Å². The molecule has 0 radical (unpaired) electrons. The molecule has 0 saturated heterocycles. The lowest BCUT2D eigenvalue weighted by Gasteiger charge is -2.58. The molecule has 4 aliphatic carbocycles. The van der Waals surface area contributed by atoms with E-state index in [1.54, 1.807) is 0 Å². The average Bonchev–Trinajstić information content (AvgIpc) is 2.51. The van der Waals surface area contributed by atoms with Crippen LogP contribution in [0.2, 0.25) is 0 Å². The second kappa shape index (κ2) is 6.32. The second-order valence-electron chi connectivity index (χ2n) is 8.71. The summed E-state index contributed by atoms with van der Waals surface area (Å²) in [6, 6.07) is 0. The van der Waals surface area contributed by atoms with Gasteiger partial charge in [0, 0.05) is 0 Å². The van der Waals surface area contributed by atoms with Crippen molar-refractivity contribution >= 4 is 11.9 Å². The summed E-state index contributed by atoms with van der Waals surface area (Å²) >= 11 is 0. The van der Waals surface area contributed by atoms with Crippen LogP contribution in [0, 0.1) is 23.2 Å². The maximum absolute atomic E-state index is 12.2. The van der Waals surface area contributed by atoms with E-state index in [1.165, 1.54) is 6.42 Å². The molecule has 136 valence electrons. The Kier molecular flexibility index (Phi) is 4.67. The summed E-state index contributed by atoms with van der Waals surface area (Å²) in [5, 5.41) is 10.6. The Morgan fingerprint density at radius 3 is 2.38 bits per heavy atom. The maximum atomic E-state index is 12.2. The lowest BCUT2D eigenvalue weighted by atomic mass is 9.53. The van der Waals surface area contributed by atoms with Gasteiger partial charge in [0.1, 0.15) is 12.2 Å². The van der Waals surface area contributed by atoms with E-state index in [0.717, 1.165) is 25.7 Å². The van der Waals surface area contributed by atoms with Gasteiger partial charge in [-0.05, 0) is 70.1 Å². The highest BCUT2D eigenvalue weighted by Crippen LogP contribution is 2.57. The quantitative estimate of drug-likeness (QED) is 0.754. The number of rotatable bonds is 6.